The maximum absolute atomic E-state index is 13.9. The molecule has 4 aromatic rings. The predicted octanol–water partition coefficient (Wildman–Crippen LogP) is 3.61. The molecule has 1 atom stereocenters. The molecule has 5 rings (SSSR count). The van der Waals surface area contributed by atoms with E-state index in [1.165, 1.54) is 4.90 Å². The molecule has 0 saturated heterocycles. The Morgan fingerprint density at radius 3 is 2.14 bits per heavy atom. The second-order valence-corrected chi connectivity index (χ2v) is 11.1. The Morgan fingerprint density at radius 1 is 0.930 bits per heavy atom. The van der Waals surface area contributed by atoms with E-state index in [0.29, 0.717) is 43.2 Å². The van der Waals surface area contributed by atoms with Crippen molar-refractivity contribution in [2.45, 2.75) is 38.1 Å². The van der Waals surface area contributed by atoms with Crippen molar-refractivity contribution in [3.05, 3.63) is 72.4 Å². The topological polar surface area (TPSA) is 160 Å². The van der Waals surface area contributed by atoms with Crippen LogP contribution in [0, 0.1) is 11.8 Å². The number of hydrogen-bond donors (Lipinski definition) is 3. The van der Waals surface area contributed by atoms with Gasteiger partial charge in [0.1, 0.15) is 5.82 Å². The van der Waals surface area contributed by atoms with Crippen LogP contribution >= 0.6 is 12.4 Å². The Bertz CT molecular complexity index is 1470. The fourth-order valence-corrected chi connectivity index (χ4v) is 5.40. The van der Waals surface area contributed by atoms with Crippen LogP contribution in [0.25, 0.3) is 22.5 Å². The first kappa shape index (κ1) is 31.7. The Balaban J connectivity index is 0.00000423. The van der Waals surface area contributed by atoms with Gasteiger partial charge in [0.2, 0.25) is 5.91 Å². The second kappa shape index (κ2) is 14.3. The normalized spacial score (nSPS) is 17.0. The summed E-state index contributed by atoms with van der Waals surface area (Å²) in [7, 11) is 3.90. The van der Waals surface area contributed by atoms with Crippen LogP contribution in [0.2, 0.25) is 0 Å². The van der Waals surface area contributed by atoms with Gasteiger partial charge in [-0.2, -0.15) is 0 Å². The minimum atomic E-state index is -0.903. The number of rotatable bonds is 9. The molecule has 11 nitrogen and oxygen atoms in total. The van der Waals surface area contributed by atoms with Crippen molar-refractivity contribution in [1.82, 2.24) is 25.6 Å². The van der Waals surface area contributed by atoms with E-state index in [0.717, 1.165) is 40.9 Å². The lowest BCUT2D eigenvalue weighted by Gasteiger charge is -2.32. The quantitative estimate of drug-likeness (QED) is 0.259. The smallest absolute Gasteiger partial charge is 0.251 e. The molecule has 226 valence electrons. The number of aromatic nitrogens is 5. The fraction of sp³-hybridized carbons (Fsp3) is 0.355. The molecule has 2 amide bonds. The van der Waals surface area contributed by atoms with Gasteiger partial charge < -0.3 is 16.4 Å². The van der Waals surface area contributed by atoms with Gasteiger partial charge in [0.15, 0.2) is 5.82 Å². The fourth-order valence-electron chi connectivity index (χ4n) is 5.40. The number of nitrogens with one attached hydrogen (secondary N) is 1. The number of halogens is 1. The first-order chi connectivity index (χ1) is 20.3. The van der Waals surface area contributed by atoms with Crippen molar-refractivity contribution in [2.24, 2.45) is 23.3 Å². The molecular formula is C31H38ClN9O2. The van der Waals surface area contributed by atoms with Gasteiger partial charge >= 0.3 is 0 Å². The van der Waals surface area contributed by atoms with Crippen molar-refractivity contribution in [3.63, 3.8) is 0 Å². The number of carbonyl (C=O) groups excluding carboxylic acids is 2. The number of nitrogens with zero attached hydrogens (tertiary/aromatic N) is 6. The van der Waals surface area contributed by atoms with Gasteiger partial charge in [-0.05, 0) is 103 Å². The molecule has 2 aromatic carbocycles. The van der Waals surface area contributed by atoms with E-state index >= 15 is 0 Å². The van der Waals surface area contributed by atoms with Crippen LogP contribution in [-0.4, -0.2) is 64.1 Å². The van der Waals surface area contributed by atoms with Gasteiger partial charge in [-0.3, -0.25) is 9.59 Å². The number of H-pyrrole nitrogens is 1. The van der Waals surface area contributed by atoms with Crippen molar-refractivity contribution < 1.29 is 9.59 Å². The molecule has 2 heterocycles. The highest BCUT2D eigenvalue weighted by atomic mass is 35.5. The van der Waals surface area contributed by atoms with Gasteiger partial charge in [0, 0.05) is 37.3 Å². The van der Waals surface area contributed by atoms with Gasteiger partial charge in [0.25, 0.3) is 5.91 Å². The van der Waals surface area contributed by atoms with E-state index in [4.69, 9.17) is 11.5 Å². The largest absolute Gasteiger partial charge is 0.363 e. The Labute approximate surface area is 257 Å². The summed E-state index contributed by atoms with van der Waals surface area (Å²) in [5.41, 5.74) is 16.5. The number of pyridine rings is 1. The molecule has 1 aliphatic carbocycles. The zero-order chi connectivity index (χ0) is 29.6. The van der Waals surface area contributed by atoms with E-state index in [2.05, 4.69) is 25.6 Å². The first-order valence-electron chi connectivity index (χ1n) is 14.2. The number of carbonyl (C=O) groups is 2. The van der Waals surface area contributed by atoms with Crippen molar-refractivity contribution in [2.75, 3.05) is 30.4 Å². The molecule has 43 heavy (non-hydrogen) atoms. The zero-order valence-electron chi connectivity index (χ0n) is 24.4. The molecule has 0 spiro atoms. The minimum absolute atomic E-state index is 0. The highest BCUT2D eigenvalue weighted by Crippen LogP contribution is 2.32. The number of nitrogens with two attached hydrogens (primary N) is 2. The standard InChI is InChI=1S/C31H37N9O2.ClH/c1-39(2)28-16-13-25(19-34-28)22-7-3-20(4-8-22)17-27(33)31(42)40(30(41)24-9-5-21(18-32)6-10-24)26-14-11-23(12-15-26)29-35-37-38-36-29;/h3-4,7-8,11-16,19,21,24,27H,5-6,9-10,17-18,32-33H2,1-2H3,(H,35,36,37,38);1H/t21-,24-,27-;/m0./s1. The molecule has 2 aromatic heterocycles. The van der Waals surface area contributed by atoms with Crippen molar-refractivity contribution in [3.8, 4) is 22.5 Å². The predicted molar refractivity (Wildman–Crippen MR) is 170 cm³/mol. The summed E-state index contributed by atoms with van der Waals surface area (Å²) in [6.45, 7) is 0.614. The molecule has 0 unspecified atom stereocenters. The van der Waals surface area contributed by atoms with Crippen LogP contribution in [0.3, 0.4) is 0 Å². The SMILES string of the molecule is CN(C)c1ccc(-c2ccc(C[C@H](N)C(=O)N(c3ccc(-c4nnn[nH]4)cc3)C(=O)[C@H]3CC[C@H](CN)CC3)cc2)cn1.Cl. The van der Waals surface area contributed by atoms with Crippen molar-refractivity contribution in [1.29, 1.82) is 0 Å². The molecular weight excluding hydrogens is 566 g/mol. The Hall–Kier alpha value is -4.19. The Morgan fingerprint density at radius 2 is 1.58 bits per heavy atom. The van der Waals surface area contributed by atoms with Crippen LogP contribution in [0.1, 0.15) is 31.2 Å². The third kappa shape index (κ3) is 7.42. The van der Waals surface area contributed by atoms with Gasteiger partial charge in [-0.1, -0.05) is 24.3 Å². The molecule has 0 radical (unpaired) electrons. The number of anilines is 2. The summed E-state index contributed by atoms with van der Waals surface area (Å²) >= 11 is 0. The second-order valence-electron chi connectivity index (χ2n) is 11.1. The minimum Gasteiger partial charge on any atom is -0.363 e. The van der Waals surface area contributed by atoms with Crippen LogP contribution in [-0.2, 0) is 16.0 Å². The monoisotopic (exact) mass is 603 g/mol. The maximum Gasteiger partial charge on any atom is 0.251 e. The van der Waals surface area contributed by atoms with Crippen LogP contribution in [0.5, 0.6) is 0 Å². The molecule has 0 aliphatic heterocycles. The summed E-state index contributed by atoms with van der Waals surface area (Å²) in [6, 6.07) is 18.0. The third-order valence-corrected chi connectivity index (χ3v) is 7.98. The summed E-state index contributed by atoms with van der Waals surface area (Å²) < 4.78 is 0. The van der Waals surface area contributed by atoms with Crippen molar-refractivity contribution >= 4 is 35.7 Å². The van der Waals surface area contributed by atoms with E-state index in [9.17, 15) is 9.59 Å². The molecule has 5 N–H and O–H groups in total. The number of amides is 2. The maximum atomic E-state index is 13.9. The summed E-state index contributed by atoms with van der Waals surface area (Å²) in [4.78, 5) is 35.4. The van der Waals surface area contributed by atoms with E-state index in [1.807, 2.05) is 61.6 Å². The number of imide groups is 1. The molecule has 1 fully saturated rings. The molecule has 1 aliphatic rings. The van der Waals surface area contributed by atoms with Gasteiger partial charge in [0.05, 0.1) is 11.7 Å². The highest BCUT2D eigenvalue weighted by molar-refractivity contribution is 6.17. The average molecular weight is 604 g/mol. The Kier molecular flexibility index (Phi) is 10.6. The average Bonchev–Trinajstić information content (AvgIpc) is 3.57. The lowest BCUT2D eigenvalue weighted by atomic mass is 9.81. The lowest BCUT2D eigenvalue weighted by Crippen LogP contribution is -2.50. The summed E-state index contributed by atoms with van der Waals surface area (Å²) in [5.74, 6) is 0.895. The van der Waals surface area contributed by atoms with E-state index < -0.39 is 11.9 Å². The molecule has 1 saturated carbocycles. The van der Waals surface area contributed by atoms with E-state index in [-0.39, 0.29) is 24.2 Å². The first-order valence-corrected chi connectivity index (χ1v) is 14.2. The summed E-state index contributed by atoms with van der Waals surface area (Å²) in [5, 5.41) is 13.9. The molecule has 12 heteroatoms. The van der Waals surface area contributed by atoms with E-state index in [1.54, 1.807) is 24.3 Å². The highest BCUT2D eigenvalue weighted by Gasteiger charge is 2.35. The lowest BCUT2D eigenvalue weighted by molar-refractivity contribution is -0.130. The van der Waals surface area contributed by atoms with Crippen LogP contribution in [0.15, 0.2) is 66.9 Å². The molecule has 0 bridgehead atoms. The number of hydrogen-bond acceptors (Lipinski definition) is 9. The number of tetrazole rings is 1. The zero-order valence-corrected chi connectivity index (χ0v) is 25.2. The number of benzene rings is 2. The summed E-state index contributed by atoms with van der Waals surface area (Å²) in [6.07, 6.45) is 5.29. The van der Waals surface area contributed by atoms with Gasteiger partial charge in [-0.25, -0.2) is 15.0 Å². The van der Waals surface area contributed by atoms with Gasteiger partial charge in [-0.15, -0.1) is 17.5 Å². The van der Waals surface area contributed by atoms with Crippen LogP contribution < -0.4 is 21.3 Å². The van der Waals surface area contributed by atoms with Crippen LogP contribution in [0.4, 0.5) is 11.5 Å². The number of aromatic amines is 1. The third-order valence-electron chi connectivity index (χ3n) is 7.98.